The van der Waals surface area contributed by atoms with E-state index in [4.69, 9.17) is 4.74 Å². The molecule has 0 spiro atoms. The molecule has 1 heterocycles. The van der Waals surface area contributed by atoms with E-state index >= 15 is 0 Å². The second-order valence-electron chi connectivity index (χ2n) is 6.40. The lowest BCUT2D eigenvalue weighted by atomic mass is 10.0. The smallest absolute Gasteiger partial charge is 0.119 e. The van der Waals surface area contributed by atoms with Crippen LogP contribution >= 0.6 is 0 Å². The first kappa shape index (κ1) is 18.5. The molecule has 0 amide bonds. The summed E-state index contributed by atoms with van der Waals surface area (Å²) in [6.45, 7) is 4.98. The van der Waals surface area contributed by atoms with Crippen molar-refractivity contribution in [1.82, 2.24) is 4.98 Å². The summed E-state index contributed by atoms with van der Waals surface area (Å²) in [5.41, 5.74) is 3.88. The Morgan fingerprint density at radius 1 is 0.750 bits per heavy atom. The fourth-order valence-electron chi connectivity index (χ4n) is 2.87. The first-order chi connectivity index (χ1) is 11.8. The number of nitrogens with zero attached hydrogens (tertiary/aromatic N) is 1. The van der Waals surface area contributed by atoms with Crippen LogP contribution in [0.5, 0.6) is 5.75 Å². The van der Waals surface area contributed by atoms with E-state index in [-0.39, 0.29) is 0 Å². The number of aromatic nitrogens is 1. The Morgan fingerprint density at radius 3 is 2.17 bits per heavy atom. The Hall–Kier alpha value is -1.83. The van der Waals surface area contributed by atoms with E-state index in [9.17, 15) is 0 Å². The van der Waals surface area contributed by atoms with Gasteiger partial charge in [0.2, 0.25) is 0 Å². The lowest BCUT2D eigenvalue weighted by Crippen LogP contribution is -1.96. The zero-order chi connectivity index (χ0) is 17.0. The first-order valence-electron chi connectivity index (χ1n) is 9.47. The molecule has 0 atom stereocenters. The lowest BCUT2D eigenvalue weighted by Gasteiger charge is -2.06. The number of unbranched alkanes of at least 4 members (excludes halogenated alkanes) is 4. The number of benzene rings is 1. The minimum Gasteiger partial charge on any atom is -0.494 e. The Kier molecular flexibility index (Phi) is 8.37. The highest BCUT2D eigenvalue weighted by atomic mass is 16.5. The van der Waals surface area contributed by atoms with Crippen LogP contribution in [0.3, 0.4) is 0 Å². The van der Waals surface area contributed by atoms with Crippen LogP contribution in [0.25, 0.3) is 0 Å². The summed E-state index contributed by atoms with van der Waals surface area (Å²) in [5.74, 6) is 0.947. The van der Waals surface area contributed by atoms with Gasteiger partial charge in [-0.3, -0.25) is 4.98 Å². The van der Waals surface area contributed by atoms with Crippen LogP contribution in [-0.4, -0.2) is 11.6 Å². The van der Waals surface area contributed by atoms with Gasteiger partial charge in [-0.15, -0.1) is 0 Å². The number of aryl methyl sites for hydroxylation is 3. The molecule has 0 N–H and O–H groups in total. The Bertz CT molecular complexity index is 560. The van der Waals surface area contributed by atoms with Crippen molar-refractivity contribution in [3.05, 3.63) is 59.4 Å². The van der Waals surface area contributed by atoms with Crippen molar-refractivity contribution in [2.75, 3.05) is 6.61 Å². The third-order valence-electron chi connectivity index (χ3n) is 4.36. The molecule has 0 bridgehead atoms. The van der Waals surface area contributed by atoms with Crippen molar-refractivity contribution in [3.63, 3.8) is 0 Å². The average Bonchev–Trinajstić information content (AvgIpc) is 2.62. The number of hydrogen-bond acceptors (Lipinski definition) is 2. The van der Waals surface area contributed by atoms with Crippen LogP contribution in [0.4, 0.5) is 0 Å². The Morgan fingerprint density at radius 2 is 1.50 bits per heavy atom. The highest BCUT2D eigenvalue weighted by Gasteiger charge is 2.00. The predicted molar refractivity (Wildman–Crippen MR) is 102 cm³/mol. The largest absolute Gasteiger partial charge is 0.494 e. The predicted octanol–water partition coefficient (Wildman–Crippen LogP) is 5.78. The van der Waals surface area contributed by atoms with Crippen molar-refractivity contribution in [3.8, 4) is 5.75 Å². The summed E-state index contributed by atoms with van der Waals surface area (Å²) in [5, 5.41) is 0. The van der Waals surface area contributed by atoms with Gasteiger partial charge in [0.05, 0.1) is 6.61 Å². The molecule has 0 saturated heterocycles. The first-order valence-corrected chi connectivity index (χ1v) is 9.47. The van der Waals surface area contributed by atoms with Gasteiger partial charge < -0.3 is 4.74 Å². The molecule has 0 fully saturated rings. The second kappa shape index (κ2) is 10.9. The molecule has 0 aliphatic rings. The molecule has 2 aromatic rings. The molecule has 0 aliphatic heterocycles. The van der Waals surface area contributed by atoms with Gasteiger partial charge in [-0.25, -0.2) is 0 Å². The molecule has 1 aromatic heterocycles. The molecule has 0 radical (unpaired) electrons. The summed E-state index contributed by atoms with van der Waals surface area (Å²) in [7, 11) is 0. The van der Waals surface area contributed by atoms with E-state index in [1.165, 1.54) is 48.9 Å². The molecule has 2 heteroatoms. The molecular weight excluding hydrogens is 294 g/mol. The fraction of sp³-hybridized carbons (Fsp3) is 0.500. The van der Waals surface area contributed by atoms with Gasteiger partial charge in [0.25, 0.3) is 0 Å². The van der Waals surface area contributed by atoms with Gasteiger partial charge in [-0.2, -0.15) is 0 Å². The van der Waals surface area contributed by atoms with Crippen LogP contribution in [0, 0.1) is 0 Å². The second-order valence-corrected chi connectivity index (χ2v) is 6.40. The van der Waals surface area contributed by atoms with Gasteiger partial charge in [-0.05, 0) is 61.9 Å². The maximum atomic E-state index is 5.48. The quantitative estimate of drug-likeness (QED) is 0.489. The van der Waals surface area contributed by atoms with E-state index in [0.717, 1.165) is 25.0 Å². The van der Waals surface area contributed by atoms with Crippen molar-refractivity contribution in [1.29, 1.82) is 0 Å². The van der Waals surface area contributed by atoms with E-state index < -0.39 is 0 Å². The third-order valence-corrected chi connectivity index (χ3v) is 4.36. The molecule has 2 nitrogen and oxygen atoms in total. The highest BCUT2D eigenvalue weighted by Crippen LogP contribution is 2.14. The van der Waals surface area contributed by atoms with Crippen LogP contribution in [0.1, 0.15) is 62.8 Å². The minimum absolute atomic E-state index is 0.716. The standard InChI is InChI=1S/C22H31NO/c1-3-5-6-7-8-9-20-11-15-21(23-18-20)14-10-19-12-16-22(17-13-19)24-4-2/h11-13,15-18H,3-10,14H2,1-2H3. The molecule has 0 saturated carbocycles. The third kappa shape index (κ3) is 6.74. The van der Waals surface area contributed by atoms with Crippen LogP contribution < -0.4 is 4.74 Å². The van der Waals surface area contributed by atoms with Crippen molar-refractivity contribution in [2.24, 2.45) is 0 Å². The molecule has 1 aromatic carbocycles. The number of pyridine rings is 1. The maximum Gasteiger partial charge on any atom is 0.119 e. The minimum atomic E-state index is 0.716. The van der Waals surface area contributed by atoms with Crippen LogP contribution in [0.2, 0.25) is 0 Å². The Balaban J connectivity index is 1.73. The highest BCUT2D eigenvalue weighted by molar-refractivity contribution is 5.28. The monoisotopic (exact) mass is 325 g/mol. The number of hydrogen-bond donors (Lipinski definition) is 0. The number of ether oxygens (including phenoxy) is 1. The van der Waals surface area contributed by atoms with Gasteiger partial charge in [0, 0.05) is 11.9 Å². The van der Waals surface area contributed by atoms with E-state index in [2.05, 4.69) is 42.4 Å². The molecule has 130 valence electrons. The Labute approximate surface area is 147 Å². The molecule has 2 rings (SSSR count). The van der Waals surface area contributed by atoms with Gasteiger partial charge in [0.1, 0.15) is 5.75 Å². The van der Waals surface area contributed by atoms with E-state index in [0.29, 0.717) is 6.61 Å². The summed E-state index contributed by atoms with van der Waals surface area (Å²) < 4.78 is 5.48. The van der Waals surface area contributed by atoms with Crippen molar-refractivity contribution >= 4 is 0 Å². The maximum absolute atomic E-state index is 5.48. The van der Waals surface area contributed by atoms with Gasteiger partial charge in [0.15, 0.2) is 0 Å². The summed E-state index contributed by atoms with van der Waals surface area (Å²) >= 11 is 0. The van der Waals surface area contributed by atoms with Gasteiger partial charge in [-0.1, -0.05) is 50.8 Å². The van der Waals surface area contributed by atoms with Crippen LogP contribution in [0.15, 0.2) is 42.6 Å². The summed E-state index contributed by atoms with van der Waals surface area (Å²) in [6, 6.07) is 12.8. The van der Waals surface area contributed by atoms with Crippen LogP contribution in [-0.2, 0) is 19.3 Å². The molecule has 0 aliphatic carbocycles. The zero-order valence-corrected chi connectivity index (χ0v) is 15.3. The number of rotatable bonds is 11. The molecular formula is C22H31NO. The van der Waals surface area contributed by atoms with E-state index in [1.54, 1.807) is 0 Å². The topological polar surface area (TPSA) is 22.1 Å². The SMILES string of the molecule is CCCCCCCc1ccc(CCc2ccc(OCC)cc2)nc1. The summed E-state index contributed by atoms with van der Waals surface area (Å²) in [4.78, 5) is 4.63. The average molecular weight is 325 g/mol. The van der Waals surface area contributed by atoms with Crippen molar-refractivity contribution in [2.45, 2.75) is 65.2 Å². The van der Waals surface area contributed by atoms with E-state index in [1.807, 2.05) is 19.1 Å². The molecule has 24 heavy (non-hydrogen) atoms. The lowest BCUT2D eigenvalue weighted by molar-refractivity contribution is 0.340. The normalized spacial score (nSPS) is 10.8. The van der Waals surface area contributed by atoms with Crippen molar-refractivity contribution < 1.29 is 4.74 Å². The summed E-state index contributed by atoms with van der Waals surface area (Å²) in [6.07, 6.45) is 11.9. The zero-order valence-electron chi connectivity index (χ0n) is 15.3. The molecule has 0 unspecified atom stereocenters. The van der Waals surface area contributed by atoms with Gasteiger partial charge >= 0.3 is 0 Å². The fourth-order valence-corrected chi connectivity index (χ4v) is 2.87.